The van der Waals surface area contributed by atoms with Gasteiger partial charge in [-0.25, -0.2) is 4.39 Å². The molecule has 4 nitrogen and oxygen atoms in total. The smallest absolute Gasteiger partial charge is 0.207 e. The molecule has 2 aromatic heterocycles. The summed E-state index contributed by atoms with van der Waals surface area (Å²) in [5, 5.41) is 13.8. The van der Waals surface area contributed by atoms with Gasteiger partial charge in [0.15, 0.2) is 5.82 Å². The second kappa shape index (κ2) is 6.33. The maximum atomic E-state index is 13.0. The number of rotatable bonds is 4. The van der Waals surface area contributed by atoms with Gasteiger partial charge in [-0.2, -0.15) is 9.61 Å². The van der Waals surface area contributed by atoms with Crippen LogP contribution in [0.5, 0.6) is 0 Å². The van der Waals surface area contributed by atoms with E-state index in [9.17, 15) is 4.39 Å². The van der Waals surface area contributed by atoms with Crippen LogP contribution in [0, 0.1) is 5.82 Å². The lowest BCUT2D eigenvalue weighted by Gasteiger charge is -1.98. The Morgan fingerprint density at radius 2 is 1.75 bits per heavy atom. The van der Waals surface area contributed by atoms with E-state index >= 15 is 0 Å². The predicted octanol–water partition coefficient (Wildman–Crippen LogP) is 4.09. The first-order chi connectivity index (χ1) is 11.8. The molecule has 0 N–H and O–H groups in total. The minimum atomic E-state index is -0.243. The van der Waals surface area contributed by atoms with Gasteiger partial charge < -0.3 is 0 Å². The van der Waals surface area contributed by atoms with Gasteiger partial charge in [-0.3, -0.25) is 0 Å². The fourth-order valence-corrected chi connectivity index (χ4v) is 3.13. The Kier molecular flexibility index (Phi) is 3.88. The van der Waals surface area contributed by atoms with Crippen molar-refractivity contribution in [1.82, 2.24) is 19.8 Å². The maximum absolute atomic E-state index is 13.0. The first kappa shape index (κ1) is 14.7. The van der Waals surface area contributed by atoms with Gasteiger partial charge in [-0.05, 0) is 29.3 Å². The normalized spacial score (nSPS) is 11.5. The van der Waals surface area contributed by atoms with E-state index < -0.39 is 0 Å². The topological polar surface area (TPSA) is 43.1 Å². The second-order valence-corrected chi connectivity index (χ2v) is 6.29. The third kappa shape index (κ3) is 3.09. The molecule has 0 radical (unpaired) electrons. The van der Waals surface area contributed by atoms with Crippen LogP contribution in [0.2, 0.25) is 0 Å². The standard InChI is InChI=1S/C18H13FN4S/c19-15-9-6-14(7-10-15)12-16-20-21-18-23(16)22-17(24-18)11-8-13-4-2-1-3-5-13/h1-11H,12H2/b11-8+. The van der Waals surface area contributed by atoms with Crippen molar-refractivity contribution in [2.24, 2.45) is 0 Å². The van der Waals surface area contributed by atoms with Crippen LogP contribution < -0.4 is 0 Å². The Labute approximate surface area is 141 Å². The molecule has 4 rings (SSSR count). The summed E-state index contributed by atoms with van der Waals surface area (Å²) in [5.74, 6) is 0.499. The first-order valence-electron chi connectivity index (χ1n) is 7.47. The van der Waals surface area contributed by atoms with E-state index in [1.807, 2.05) is 42.5 Å². The highest BCUT2D eigenvalue weighted by Gasteiger charge is 2.11. The molecule has 0 saturated carbocycles. The SMILES string of the molecule is Fc1ccc(Cc2nnc3sc(/C=C/c4ccccc4)nn23)cc1. The van der Waals surface area contributed by atoms with Crippen molar-refractivity contribution in [3.05, 3.63) is 82.4 Å². The zero-order chi connectivity index (χ0) is 16.4. The highest BCUT2D eigenvalue weighted by atomic mass is 32.1. The van der Waals surface area contributed by atoms with Crippen molar-refractivity contribution < 1.29 is 4.39 Å². The Hall–Kier alpha value is -2.86. The monoisotopic (exact) mass is 336 g/mol. The highest BCUT2D eigenvalue weighted by molar-refractivity contribution is 7.17. The molecule has 0 spiro atoms. The third-order valence-corrected chi connectivity index (χ3v) is 4.43. The van der Waals surface area contributed by atoms with Crippen molar-refractivity contribution in [3.8, 4) is 0 Å². The van der Waals surface area contributed by atoms with Crippen LogP contribution >= 0.6 is 11.3 Å². The molecule has 2 aromatic carbocycles. The zero-order valence-electron chi connectivity index (χ0n) is 12.6. The zero-order valence-corrected chi connectivity index (χ0v) is 13.4. The molecule has 0 fully saturated rings. The summed E-state index contributed by atoms with van der Waals surface area (Å²) >= 11 is 1.48. The van der Waals surface area contributed by atoms with Crippen molar-refractivity contribution in [2.45, 2.75) is 6.42 Å². The van der Waals surface area contributed by atoms with Gasteiger partial charge in [0.25, 0.3) is 0 Å². The lowest BCUT2D eigenvalue weighted by Crippen LogP contribution is -1.97. The minimum Gasteiger partial charge on any atom is -0.207 e. The number of nitrogens with zero attached hydrogens (tertiary/aromatic N) is 4. The van der Waals surface area contributed by atoms with Crippen LogP contribution in [0.4, 0.5) is 4.39 Å². The van der Waals surface area contributed by atoms with Crippen LogP contribution in [-0.4, -0.2) is 19.8 Å². The molecule has 6 heteroatoms. The lowest BCUT2D eigenvalue weighted by molar-refractivity contribution is 0.627. The van der Waals surface area contributed by atoms with Crippen LogP contribution in [0.3, 0.4) is 0 Å². The summed E-state index contributed by atoms with van der Waals surface area (Å²) in [7, 11) is 0. The van der Waals surface area contributed by atoms with Gasteiger partial charge in [0.2, 0.25) is 4.96 Å². The fourth-order valence-electron chi connectivity index (χ4n) is 2.37. The first-order valence-corrected chi connectivity index (χ1v) is 8.28. The number of fused-ring (bicyclic) bond motifs is 1. The van der Waals surface area contributed by atoms with E-state index in [0.717, 1.165) is 26.9 Å². The van der Waals surface area contributed by atoms with E-state index in [-0.39, 0.29) is 5.82 Å². The molecule has 0 bridgehead atoms. The minimum absolute atomic E-state index is 0.243. The van der Waals surface area contributed by atoms with Crippen molar-refractivity contribution in [2.75, 3.05) is 0 Å². The molecule has 0 atom stereocenters. The highest BCUT2D eigenvalue weighted by Crippen LogP contribution is 2.18. The molecule has 24 heavy (non-hydrogen) atoms. The largest absolute Gasteiger partial charge is 0.234 e. The van der Waals surface area contributed by atoms with Crippen molar-refractivity contribution >= 4 is 28.4 Å². The molecule has 2 heterocycles. The maximum Gasteiger partial charge on any atom is 0.234 e. The van der Waals surface area contributed by atoms with E-state index in [1.165, 1.54) is 23.5 Å². The van der Waals surface area contributed by atoms with Crippen LogP contribution in [0.15, 0.2) is 54.6 Å². The lowest BCUT2D eigenvalue weighted by atomic mass is 10.1. The van der Waals surface area contributed by atoms with Crippen LogP contribution in [0.25, 0.3) is 17.1 Å². The number of aromatic nitrogens is 4. The summed E-state index contributed by atoms with van der Waals surface area (Å²) in [4.78, 5) is 0.750. The average Bonchev–Trinajstić information content (AvgIpc) is 3.17. The van der Waals surface area contributed by atoms with Gasteiger partial charge in [0.1, 0.15) is 10.8 Å². The molecule has 118 valence electrons. The van der Waals surface area contributed by atoms with Gasteiger partial charge in [-0.15, -0.1) is 10.2 Å². The Bertz CT molecular complexity index is 987. The van der Waals surface area contributed by atoms with Gasteiger partial charge >= 0.3 is 0 Å². The molecule has 0 saturated heterocycles. The Morgan fingerprint density at radius 1 is 0.958 bits per heavy atom. The summed E-state index contributed by atoms with van der Waals surface area (Å²) in [6, 6.07) is 16.5. The van der Waals surface area contributed by atoms with E-state index in [2.05, 4.69) is 15.3 Å². The van der Waals surface area contributed by atoms with Gasteiger partial charge in [0, 0.05) is 6.42 Å². The molecule has 4 aromatic rings. The van der Waals surface area contributed by atoms with Gasteiger partial charge in [-0.1, -0.05) is 59.9 Å². The number of hydrogen-bond acceptors (Lipinski definition) is 4. The Balaban J connectivity index is 1.59. The quantitative estimate of drug-likeness (QED) is 0.564. The molecule has 0 aliphatic carbocycles. The number of hydrogen-bond donors (Lipinski definition) is 0. The van der Waals surface area contributed by atoms with Crippen molar-refractivity contribution in [1.29, 1.82) is 0 Å². The molecule has 0 amide bonds. The summed E-state index contributed by atoms with van der Waals surface area (Å²) in [6.45, 7) is 0. The Morgan fingerprint density at radius 3 is 2.54 bits per heavy atom. The van der Waals surface area contributed by atoms with Crippen molar-refractivity contribution in [3.63, 3.8) is 0 Å². The molecule has 0 unspecified atom stereocenters. The van der Waals surface area contributed by atoms with Crippen LogP contribution in [-0.2, 0) is 6.42 Å². The number of benzene rings is 2. The average molecular weight is 336 g/mol. The summed E-state index contributed by atoms with van der Waals surface area (Å²) < 4.78 is 14.7. The number of halogens is 1. The summed E-state index contributed by atoms with van der Waals surface area (Å²) in [6.07, 6.45) is 4.55. The van der Waals surface area contributed by atoms with E-state index in [0.29, 0.717) is 6.42 Å². The fraction of sp³-hybridized carbons (Fsp3) is 0.0556. The predicted molar refractivity (Wildman–Crippen MR) is 93.2 cm³/mol. The van der Waals surface area contributed by atoms with E-state index in [4.69, 9.17) is 0 Å². The molecular formula is C18H13FN4S. The summed E-state index contributed by atoms with van der Waals surface area (Å²) in [5.41, 5.74) is 2.09. The van der Waals surface area contributed by atoms with Crippen LogP contribution in [0.1, 0.15) is 22.0 Å². The third-order valence-electron chi connectivity index (χ3n) is 3.56. The van der Waals surface area contributed by atoms with Gasteiger partial charge in [0.05, 0.1) is 0 Å². The molecule has 0 aliphatic rings. The van der Waals surface area contributed by atoms with E-state index in [1.54, 1.807) is 16.6 Å². The molecular weight excluding hydrogens is 323 g/mol. The molecule has 0 aliphatic heterocycles. The second-order valence-electron chi connectivity index (χ2n) is 5.30.